The van der Waals surface area contributed by atoms with Gasteiger partial charge in [-0.3, -0.25) is 0 Å². The summed E-state index contributed by atoms with van der Waals surface area (Å²) in [6.45, 7) is 27.8. The van der Waals surface area contributed by atoms with Crippen LogP contribution in [0.3, 0.4) is 0 Å². The van der Waals surface area contributed by atoms with Gasteiger partial charge in [0.25, 0.3) is 0 Å². The third-order valence-corrected chi connectivity index (χ3v) is 7.33. The maximum atomic E-state index is 12.8. The van der Waals surface area contributed by atoms with Gasteiger partial charge in [0.15, 0.2) is 11.6 Å². The number of nitrogens with two attached hydrogens (primary N) is 1. The number of amides is 4. The molecule has 24 heteroatoms. The zero-order chi connectivity index (χ0) is 48.8. The van der Waals surface area contributed by atoms with Crippen LogP contribution in [0, 0.1) is 0 Å². The van der Waals surface area contributed by atoms with Gasteiger partial charge in [-0.2, -0.15) is 19.8 Å². The minimum atomic E-state index is -0.961. The molecule has 1 atom stereocenters. The second kappa shape index (κ2) is 24.1. The third kappa shape index (κ3) is 21.8. The Morgan fingerprint density at radius 1 is 0.603 bits per heavy atom. The Kier molecular flexibility index (Phi) is 21.7. The lowest BCUT2D eigenvalue weighted by atomic mass is 10.2. The summed E-state index contributed by atoms with van der Waals surface area (Å²) in [6.07, 6.45) is -3.75. The zero-order valence-corrected chi connectivity index (χ0v) is 41.9. The highest BCUT2D eigenvalue weighted by molar-refractivity contribution is 6.32. The summed E-state index contributed by atoms with van der Waals surface area (Å²) in [5.41, 5.74) is 1.95. The average Bonchev–Trinajstić information content (AvgIpc) is 3.05. The largest absolute Gasteiger partial charge is 0.443 e. The Hall–Kier alpha value is -4.27. The molecule has 1 aliphatic heterocycles. The van der Waals surface area contributed by atoms with Crippen molar-refractivity contribution in [3.63, 3.8) is 0 Å². The molecule has 0 aliphatic carbocycles. The zero-order valence-electron chi connectivity index (χ0n) is 38.1. The lowest BCUT2D eigenvalue weighted by Crippen LogP contribution is -2.45. The van der Waals surface area contributed by atoms with Gasteiger partial charge in [-0.1, -0.05) is 37.0 Å². The Morgan fingerprint density at radius 2 is 0.952 bits per heavy atom. The number of rotatable bonds is 3. The first-order valence-corrected chi connectivity index (χ1v) is 21.2. The van der Waals surface area contributed by atoms with Crippen molar-refractivity contribution in [2.75, 3.05) is 40.2 Å². The van der Waals surface area contributed by atoms with Gasteiger partial charge in [-0.05, 0) is 125 Å². The molecule has 63 heavy (non-hydrogen) atoms. The van der Waals surface area contributed by atoms with Crippen LogP contribution in [-0.2, 0) is 23.7 Å². The number of nitrogens with zero attached hydrogens (tertiary/aromatic N) is 9. The highest BCUT2D eigenvalue weighted by Gasteiger charge is 2.36. The molecule has 2 N–H and O–H groups in total. The van der Waals surface area contributed by atoms with Crippen LogP contribution in [0.5, 0.6) is 0 Å². The molecule has 4 amide bonds. The number of nitrogen functional groups attached to an aromatic ring is 1. The molecule has 0 bridgehead atoms. The molecule has 4 rings (SSSR count). The molecule has 352 valence electrons. The fourth-order valence-corrected chi connectivity index (χ4v) is 5.37. The fraction of sp³-hybridized carbons (Fsp3) is 0.590. The Balaban J connectivity index is 0.000000517. The van der Waals surface area contributed by atoms with Crippen LogP contribution in [0.1, 0.15) is 104 Å². The van der Waals surface area contributed by atoms with Gasteiger partial charge in [-0.15, -0.1) is 0 Å². The SMILES string of the molecule is CC.CC(C)(C)OC(=O)N(C(=O)OC(C)(C)C)c1cc(Cl)nc(Cl)n1.C[C@@H]1COCCN1c1cc(N(C(=O)OC(C)(C)C)C(=O)OC(C)(C)C)nc(Cl)n1.Nc1cc(Cl)nc(Cl)n1. The molecule has 4 heterocycles. The lowest BCUT2D eigenvalue weighted by molar-refractivity contribution is 0.0406. The van der Waals surface area contributed by atoms with Crippen LogP contribution in [-0.4, -0.2) is 102 Å². The maximum Gasteiger partial charge on any atom is 0.425 e. The number of hydrogen-bond donors (Lipinski definition) is 1. The minimum Gasteiger partial charge on any atom is -0.443 e. The van der Waals surface area contributed by atoms with Crippen molar-refractivity contribution >= 4 is 106 Å². The van der Waals surface area contributed by atoms with Crippen molar-refractivity contribution in [3.05, 3.63) is 44.4 Å². The normalized spacial score (nSPS) is 13.9. The minimum absolute atomic E-state index is 0.0257. The van der Waals surface area contributed by atoms with E-state index >= 15 is 0 Å². The molecular weight excluding hydrogens is 930 g/mol. The van der Waals surface area contributed by atoms with Gasteiger partial charge in [-0.25, -0.2) is 39.1 Å². The third-order valence-electron chi connectivity index (χ3n) is 6.44. The standard InChI is InChI=1S/C19H29ClN4O5.C14H19Cl2N3O4.C4H3Cl2N3.C2H6/c1-12-11-27-9-8-23(12)13-10-14(22-15(20)21-13)24(16(25)28-18(2,3)4)17(26)29-19(5,6)7;1-13(2,3)22-11(20)19(12(21)23-14(4,5)6)9-7-8(15)17-10(16)18-9;5-2-1-3(7)9-4(6)8-2;1-2/h10,12H,8-9,11H2,1-7H3;7H,1-6H3;1H,(H2,7,8,9);1-2H3/t12-;;;/m1.../s1. The number of hydrogen-bond acceptors (Lipinski definition) is 17. The Morgan fingerprint density at radius 3 is 1.29 bits per heavy atom. The van der Waals surface area contributed by atoms with Gasteiger partial charge >= 0.3 is 24.4 Å². The summed E-state index contributed by atoms with van der Waals surface area (Å²) in [6, 6.07) is 4.19. The first-order valence-electron chi connectivity index (χ1n) is 19.3. The topological polar surface area (TPSA) is 228 Å². The average molecular weight is 987 g/mol. The fourth-order valence-electron chi connectivity index (χ4n) is 4.38. The van der Waals surface area contributed by atoms with Gasteiger partial charge < -0.3 is 34.3 Å². The molecule has 0 unspecified atom stereocenters. The van der Waals surface area contributed by atoms with Crippen molar-refractivity contribution in [2.45, 2.75) is 132 Å². The van der Waals surface area contributed by atoms with Crippen LogP contribution in [0.15, 0.2) is 18.2 Å². The summed E-state index contributed by atoms with van der Waals surface area (Å²) >= 11 is 28.5. The number of morpholine rings is 1. The van der Waals surface area contributed by atoms with Crippen LogP contribution in [0.4, 0.5) is 42.4 Å². The first-order chi connectivity index (χ1) is 28.7. The highest BCUT2D eigenvalue weighted by Crippen LogP contribution is 2.28. The highest BCUT2D eigenvalue weighted by atomic mass is 35.5. The second-order valence-corrected chi connectivity index (χ2v) is 18.6. The summed E-state index contributed by atoms with van der Waals surface area (Å²) in [5, 5.41) is -0.0254. The molecule has 1 aliphatic rings. The van der Waals surface area contributed by atoms with Gasteiger partial charge in [0.2, 0.25) is 15.9 Å². The van der Waals surface area contributed by atoms with Gasteiger partial charge in [0.05, 0.1) is 19.3 Å². The van der Waals surface area contributed by atoms with Crippen molar-refractivity contribution < 1.29 is 42.9 Å². The van der Waals surface area contributed by atoms with Crippen molar-refractivity contribution in [1.29, 1.82) is 0 Å². The predicted octanol–water partition coefficient (Wildman–Crippen LogP) is 10.9. The van der Waals surface area contributed by atoms with Crippen LogP contribution in [0.2, 0.25) is 26.2 Å². The lowest BCUT2D eigenvalue weighted by Gasteiger charge is -2.34. The number of halogens is 5. The summed E-state index contributed by atoms with van der Waals surface area (Å²) in [7, 11) is 0. The van der Waals surface area contributed by atoms with Crippen molar-refractivity contribution in [3.8, 4) is 0 Å². The molecule has 3 aromatic heterocycles. The van der Waals surface area contributed by atoms with E-state index in [4.69, 9.17) is 87.4 Å². The van der Waals surface area contributed by atoms with E-state index in [0.29, 0.717) is 30.5 Å². The van der Waals surface area contributed by atoms with E-state index in [1.165, 1.54) is 18.2 Å². The molecular formula is C39H57Cl5N10O9. The number of aromatic nitrogens is 6. The molecule has 3 aromatic rings. The van der Waals surface area contributed by atoms with Crippen LogP contribution < -0.4 is 20.4 Å². The summed E-state index contributed by atoms with van der Waals surface area (Å²) < 4.78 is 26.6. The molecule has 1 fully saturated rings. The van der Waals surface area contributed by atoms with Crippen molar-refractivity contribution in [2.24, 2.45) is 0 Å². The molecule has 0 radical (unpaired) electrons. The maximum absolute atomic E-state index is 12.8. The quantitative estimate of drug-likeness (QED) is 0.146. The molecule has 0 saturated carbocycles. The van der Waals surface area contributed by atoms with E-state index in [-0.39, 0.29) is 49.7 Å². The van der Waals surface area contributed by atoms with Crippen molar-refractivity contribution in [1.82, 2.24) is 29.9 Å². The number of ether oxygens (including phenoxy) is 5. The van der Waals surface area contributed by atoms with E-state index in [1.807, 2.05) is 25.7 Å². The van der Waals surface area contributed by atoms with E-state index in [1.54, 1.807) is 83.1 Å². The van der Waals surface area contributed by atoms with E-state index < -0.39 is 46.8 Å². The molecule has 19 nitrogen and oxygen atoms in total. The summed E-state index contributed by atoms with van der Waals surface area (Å²) in [5.74, 6) is 0.591. The monoisotopic (exact) mass is 984 g/mol. The number of imide groups is 2. The number of carbonyl (C=O) groups is 4. The number of anilines is 4. The number of carbonyl (C=O) groups excluding carboxylic acids is 4. The van der Waals surface area contributed by atoms with Gasteiger partial charge in [0.1, 0.15) is 44.3 Å². The van der Waals surface area contributed by atoms with E-state index in [0.717, 1.165) is 4.90 Å². The predicted molar refractivity (Wildman–Crippen MR) is 244 cm³/mol. The smallest absolute Gasteiger partial charge is 0.425 e. The molecule has 0 aromatic carbocycles. The van der Waals surface area contributed by atoms with Crippen LogP contribution >= 0.6 is 58.0 Å². The molecule has 1 saturated heterocycles. The van der Waals surface area contributed by atoms with E-state index in [9.17, 15) is 19.2 Å². The Labute approximate surface area is 393 Å². The van der Waals surface area contributed by atoms with Gasteiger partial charge in [0, 0.05) is 24.7 Å². The van der Waals surface area contributed by atoms with Crippen LogP contribution in [0.25, 0.3) is 0 Å². The Bertz CT molecular complexity index is 1900. The second-order valence-electron chi connectivity index (χ2n) is 16.8. The summed E-state index contributed by atoms with van der Waals surface area (Å²) in [4.78, 5) is 76.7. The van der Waals surface area contributed by atoms with E-state index in [2.05, 4.69) is 29.9 Å². The first kappa shape index (κ1) is 56.7. The molecule has 0 spiro atoms.